The molecular formula is C23H16O7. The fourth-order valence-electron chi connectivity index (χ4n) is 4.06. The highest BCUT2D eigenvalue weighted by Crippen LogP contribution is 2.58. The fraction of sp³-hybridized carbons (Fsp3) is 0.130. The van der Waals surface area contributed by atoms with Gasteiger partial charge in [-0.2, -0.15) is 0 Å². The minimum absolute atomic E-state index is 0.0409. The summed E-state index contributed by atoms with van der Waals surface area (Å²) in [5.41, 5.74) is -1.07. The number of aromatic hydroxyl groups is 2. The molecule has 1 aliphatic carbocycles. The lowest BCUT2D eigenvalue weighted by Crippen LogP contribution is -2.34. The van der Waals surface area contributed by atoms with Crippen LogP contribution in [0.1, 0.15) is 18.1 Å². The quantitative estimate of drug-likeness (QED) is 0.623. The van der Waals surface area contributed by atoms with Gasteiger partial charge in [-0.3, -0.25) is 4.79 Å². The topological polar surface area (TPSA) is 113 Å². The molecule has 0 amide bonds. The highest BCUT2D eigenvalue weighted by atomic mass is 16.6. The predicted octanol–water partition coefficient (Wildman–Crippen LogP) is 3.52. The zero-order valence-corrected chi connectivity index (χ0v) is 15.7. The average molecular weight is 404 g/mol. The second-order valence-corrected chi connectivity index (χ2v) is 7.62. The zero-order valence-electron chi connectivity index (χ0n) is 15.7. The number of aliphatic carboxylic acids is 1. The molecule has 0 radical (unpaired) electrons. The van der Waals surface area contributed by atoms with Gasteiger partial charge in [-0.15, -0.1) is 0 Å². The molecule has 0 fully saturated rings. The van der Waals surface area contributed by atoms with E-state index in [1.54, 1.807) is 18.2 Å². The molecule has 5 rings (SSSR count). The average Bonchev–Trinajstić information content (AvgIpc) is 2.82. The van der Waals surface area contributed by atoms with E-state index in [9.17, 15) is 24.9 Å². The van der Waals surface area contributed by atoms with Crippen molar-refractivity contribution in [3.8, 4) is 23.0 Å². The van der Waals surface area contributed by atoms with E-state index < -0.39 is 23.0 Å². The van der Waals surface area contributed by atoms with E-state index in [2.05, 4.69) is 0 Å². The number of carboxylic acid groups (broad SMARTS) is 1. The smallest absolute Gasteiger partial charge is 0.340 e. The number of ether oxygens (including phenoxy) is 2. The molecule has 1 spiro atoms. The molecular weight excluding hydrogens is 388 g/mol. The summed E-state index contributed by atoms with van der Waals surface area (Å²) < 4.78 is 11.8. The third-order valence-electron chi connectivity index (χ3n) is 5.70. The first-order chi connectivity index (χ1) is 14.2. The zero-order chi connectivity index (χ0) is 21.3. The molecule has 2 heterocycles. The third-order valence-corrected chi connectivity index (χ3v) is 5.70. The number of carboxylic acids is 1. The Labute approximate surface area is 170 Å². The lowest BCUT2D eigenvalue weighted by atomic mass is 9.76. The first-order valence-corrected chi connectivity index (χ1v) is 9.19. The Kier molecular flexibility index (Phi) is 3.47. The van der Waals surface area contributed by atoms with Gasteiger partial charge in [-0.1, -0.05) is 18.2 Å². The van der Waals surface area contributed by atoms with Crippen LogP contribution in [0.4, 0.5) is 0 Å². The Morgan fingerprint density at radius 1 is 0.933 bits per heavy atom. The molecule has 7 nitrogen and oxygen atoms in total. The van der Waals surface area contributed by atoms with Crippen molar-refractivity contribution in [3.05, 3.63) is 83.0 Å². The van der Waals surface area contributed by atoms with Crippen molar-refractivity contribution in [1.29, 1.82) is 0 Å². The van der Waals surface area contributed by atoms with Crippen molar-refractivity contribution in [3.63, 3.8) is 0 Å². The van der Waals surface area contributed by atoms with Crippen LogP contribution in [0.15, 0.2) is 71.8 Å². The molecule has 2 aromatic carbocycles. The van der Waals surface area contributed by atoms with E-state index in [-0.39, 0.29) is 28.6 Å². The first-order valence-electron chi connectivity index (χ1n) is 9.19. The van der Waals surface area contributed by atoms with Crippen LogP contribution in [0.2, 0.25) is 0 Å². The summed E-state index contributed by atoms with van der Waals surface area (Å²) in [5.74, 6) is -1.22. The largest absolute Gasteiger partial charge is 0.508 e. The van der Waals surface area contributed by atoms with Crippen LogP contribution in [-0.4, -0.2) is 27.3 Å². The van der Waals surface area contributed by atoms with Crippen molar-refractivity contribution < 1.29 is 34.4 Å². The Morgan fingerprint density at radius 3 is 2.07 bits per heavy atom. The molecule has 2 aliphatic heterocycles. The van der Waals surface area contributed by atoms with Gasteiger partial charge in [0.25, 0.3) is 0 Å². The van der Waals surface area contributed by atoms with Gasteiger partial charge in [0.2, 0.25) is 0 Å². The van der Waals surface area contributed by atoms with Crippen molar-refractivity contribution >= 4 is 11.9 Å². The van der Waals surface area contributed by atoms with Crippen LogP contribution >= 0.6 is 0 Å². The summed E-state index contributed by atoms with van der Waals surface area (Å²) in [6.07, 6.45) is 6.01. The van der Waals surface area contributed by atoms with E-state index in [1.165, 1.54) is 49.4 Å². The Hall–Kier alpha value is -4.00. The van der Waals surface area contributed by atoms with Crippen LogP contribution in [0.3, 0.4) is 0 Å². The number of phenolic OH excluding ortho intramolecular Hbond substituents is 2. The maximum Gasteiger partial charge on any atom is 0.340 e. The van der Waals surface area contributed by atoms with Gasteiger partial charge >= 0.3 is 11.9 Å². The SMILES string of the molecule is CC1(C(=O)O)C=CC2=C(C=C1)C1(OC2=O)c2ccc(O)cc2Oc2cc(O)ccc21. The lowest BCUT2D eigenvalue weighted by Gasteiger charge is -2.37. The van der Waals surface area contributed by atoms with Gasteiger partial charge in [0.15, 0.2) is 5.60 Å². The van der Waals surface area contributed by atoms with Crippen molar-refractivity contribution in [2.24, 2.45) is 5.41 Å². The van der Waals surface area contributed by atoms with Crippen molar-refractivity contribution in [2.75, 3.05) is 0 Å². The maximum absolute atomic E-state index is 12.9. The molecule has 3 aliphatic rings. The molecule has 0 aromatic heterocycles. The fourth-order valence-corrected chi connectivity index (χ4v) is 4.06. The number of rotatable bonds is 1. The molecule has 1 atom stereocenters. The van der Waals surface area contributed by atoms with Crippen LogP contribution in [0.5, 0.6) is 23.0 Å². The summed E-state index contributed by atoms with van der Waals surface area (Å²) in [5, 5.41) is 29.5. The van der Waals surface area contributed by atoms with E-state index in [0.29, 0.717) is 16.7 Å². The van der Waals surface area contributed by atoms with Gasteiger partial charge in [-0.25, -0.2) is 4.79 Å². The van der Waals surface area contributed by atoms with E-state index in [1.807, 2.05) is 0 Å². The summed E-state index contributed by atoms with van der Waals surface area (Å²) in [4.78, 5) is 24.7. The highest BCUT2D eigenvalue weighted by Gasteiger charge is 2.54. The molecule has 30 heavy (non-hydrogen) atoms. The van der Waals surface area contributed by atoms with Crippen LogP contribution in [0.25, 0.3) is 0 Å². The molecule has 0 saturated carbocycles. The van der Waals surface area contributed by atoms with Gasteiger partial charge in [0, 0.05) is 28.8 Å². The number of phenols is 2. The number of carbonyl (C=O) groups excluding carboxylic acids is 1. The number of fused-ring (bicyclic) bond motifs is 5. The lowest BCUT2D eigenvalue weighted by molar-refractivity contribution is -0.145. The summed E-state index contributed by atoms with van der Waals surface area (Å²) in [7, 11) is 0. The second-order valence-electron chi connectivity index (χ2n) is 7.62. The Balaban J connectivity index is 1.83. The predicted molar refractivity (Wildman–Crippen MR) is 104 cm³/mol. The van der Waals surface area contributed by atoms with E-state index in [4.69, 9.17) is 9.47 Å². The summed E-state index contributed by atoms with van der Waals surface area (Å²) in [6, 6.07) is 8.91. The Morgan fingerprint density at radius 2 is 1.50 bits per heavy atom. The number of hydrogen-bond donors (Lipinski definition) is 3. The molecule has 150 valence electrons. The summed E-state index contributed by atoms with van der Waals surface area (Å²) >= 11 is 0. The number of carbonyl (C=O) groups is 2. The standard InChI is InChI=1S/C23H16O7/c1-22(21(27)28)8-6-14-15(7-9-22)23(30-20(14)26)16-4-2-12(24)10-18(16)29-19-11-13(25)3-5-17(19)23/h2-11,24-25H,1H3,(H,27,28). The van der Waals surface area contributed by atoms with Gasteiger partial charge in [-0.05, 0) is 37.3 Å². The minimum atomic E-state index is -1.42. The highest BCUT2D eigenvalue weighted by molar-refractivity contribution is 5.99. The second kappa shape index (κ2) is 5.76. The van der Waals surface area contributed by atoms with Gasteiger partial charge < -0.3 is 24.8 Å². The minimum Gasteiger partial charge on any atom is -0.508 e. The van der Waals surface area contributed by atoms with E-state index >= 15 is 0 Å². The summed E-state index contributed by atoms with van der Waals surface area (Å²) in [6.45, 7) is 1.53. The number of hydrogen-bond acceptors (Lipinski definition) is 6. The van der Waals surface area contributed by atoms with Crippen molar-refractivity contribution in [1.82, 2.24) is 0 Å². The molecule has 0 saturated heterocycles. The van der Waals surface area contributed by atoms with Crippen LogP contribution in [0, 0.1) is 5.41 Å². The molecule has 0 bridgehead atoms. The van der Waals surface area contributed by atoms with Gasteiger partial charge in [0.1, 0.15) is 28.4 Å². The molecule has 3 N–H and O–H groups in total. The first kappa shape index (κ1) is 18.1. The monoisotopic (exact) mass is 404 g/mol. The molecule has 7 heteroatoms. The van der Waals surface area contributed by atoms with Crippen LogP contribution in [-0.2, 0) is 19.9 Å². The van der Waals surface area contributed by atoms with Crippen LogP contribution < -0.4 is 4.74 Å². The van der Waals surface area contributed by atoms with Gasteiger partial charge in [0.05, 0.1) is 5.57 Å². The van der Waals surface area contributed by atoms with Crippen molar-refractivity contribution in [2.45, 2.75) is 12.5 Å². The molecule has 1 unspecified atom stereocenters. The third kappa shape index (κ3) is 2.26. The van der Waals surface area contributed by atoms with E-state index in [0.717, 1.165) is 0 Å². The Bertz CT molecular complexity index is 1180. The number of benzene rings is 2. The molecule has 2 aromatic rings. The normalized spacial score (nSPS) is 22.6. The maximum atomic E-state index is 12.9. The number of esters is 1.